The Bertz CT molecular complexity index is 565. The van der Waals surface area contributed by atoms with Crippen LogP contribution in [0.25, 0.3) is 0 Å². The average Bonchev–Trinajstić information content (AvgIpc) is 2.53. The Morgan fingerprint density at radius 3 is 2.68 bits per heavy atom. The van der Waals surface area contributed by atoms with Gasteiger partial charge in [-0.2, -0.15) is 0 Å². The molecule has 0 bridgehead atoms. The van der Waals surface area contributed by atoms with Crippen molar-refractivity contribution in [2.45, 2.75) is 49.5 Å². The van der Waals surface area contributed by atoms with Gasteiger partial charge in [0.1, 0.15) is 0 Å². The first kappa shape index (κ1) is 17.4. The van der Waals surface area contributed by atoms with E-state index in [1.807, 2.05) is 7.05 Å². The summed E-state index contributed by atoms with van der Waals surface area (Å²) in [6.45, 7) is 0.695. The highest BCUT2D eigenvalue weighted by Crippen LogP contribution is 2.28. The summed E-state index contributed by atoms with van der Waals surface area (Å²) in [6, 6.07) is 6.80. The Morgan fingerprint density at radius 2 is 2.00 bits per heavy atom. The summed E-state index contributed by atoms with van der Waals surface area (Å²) in [6.07, 6.45) is 5.49. The molecule has 0 amide bonds. The molecule has 1 saturated carbocycles. The molecule has 0 aliphatic heterocycles. The molecule has 5 heteroatoms. The molecular weight excluding hydrogens is 298 g/mol. The molecular formula is C17H27NO3S. The molecule has 2 N–H and O–H groups in total. The van der Waals surface area contributed by atoms with Gasteiger partial charge in [0.2, 0.25) is 0 Å². The maximum Gasteiger partial charge on any atom is 0.178 e. The minimum Gasteiger partial charge on any atom is -0.388 e. The highest BCUT2D eigenvalue weighted by Gasteiger charge is 2.23. The van der Waals surface area contributed by atoms with E-state index < -0.39 is 15.9 Å². The van der Waals surface area contributed by atoms with E-state index >= 15 is 0 Å². The lowest BCUT2D eigenvalue weighted by atomic mass is 9.91. The van der Waals surface area contributed by atoms with Gasteiger partial charge in [-0.3, -0.25) is 0 Å². The number of aliphatic hydroxyl groups is 1. The molecule has 0 heterocycles. The van der Waals surface area contributed by atoms with Crippen LogP contribution in [0.5, 0.6) is 0 Å². The number of rotatable bonds is 7. The summed E-state index contributed by atoms with van der Waals surface area (Å²) < 4.78 is 25.2. The molecule has 1 aliphatic rings. The molecule has 124 valence electrons. The van der Waals surface area contributed by atoms with Crippen LogP contribution >= 0.6 is 0 Å². The van der Waals surface area contributed by atoms with Crippen LogP contribution in [-0.4, -0.2) is 32.9 Å². The summed E-state index contributed by atoms with van der Waals surface area (Å²) in [5.74, 6) is 0.528. The van der Waals surface area contributed by atoms with Gasteiger partial charge in [0.15, 0.2) is 9.84 Å². The topological polar surface area (TPSA) is 66.4 Å². The number of aliphatic hydroxyl groups excluding tert-OH is 1. The van der Waals surface area contributed by atoms with Gasteiger partial charge in [0.25, 0.3) is 0 Å². The van der Waals surface area contributed by atoms with Gasteiger partial charge in [0.05, 0.1) is 16.8 Å². The second kappa shape index (κ2) is 8.09. The fraction of sp³-hybridized carbons (Fsp3) is 0.647. The second-order valence-electron chi connectivity index (χ2n) is 6.27. The first-order chi connectivity index (χ1) is 10.5. The number of nitrogens with one attached hydrogen (secondary N) is 1. The molecule has 1 aromatic carbocycles. The van der Waals surface area contributed by atoms with Crippen LogP contribution in [0.2, 0.25) is 0 Å². The predicted molar refractivity (Wildman–Crippen MR) is 88.6 cm³/mol. The lowest BCUT2D eigenvalue weighted by Gasteiger charge is -2.21. The Hall–Kier alpha value is -0.910. The smallest absolute Gasteiger partial charge is 0.178 e. The van der Waals surface area contributed by atoms with Gasteiger partial charge < -0.3 is 10.4 Å². The molecule has 1 fully saturated rings. The SMILES string of the molecule is CNCCC(O)c1cccc(S(=O)(=O)CC2CCCCC2)c1. The first-order valence-electron chi connectivity index (χ1n) is 8.18. The van der Waals surface area contributed by atoms with E-state index in [1.54, 1.807) is 24.3 Å². The van der Waals surface area contributed by atoms with Gasteiger partial charge in [-0.25, -0.2) is 8.42 Å². The zero-order chi connectivity index (χ0) is 16.0. The van der Waals surface area contributed by atoms with Crippen molar-refractivity contribution in [2.75, 3.05) is 19.3 Å². The van der Waals surface area contributed by atoms with Crippen LogP contribution in [-0.2, 0) is 9.84 Å². The summed E-state index contributed by atoms with van der Waals surface area (Å²) in [4.78, 5) is 0.346. The quantitative estimate of drug-likeness (QED) is 0.809. The maximum atomic E-state index is 12.6. The lowest BCUT2D eigenvalue weighted by molar-refractivity contribution is 0.167. The monoisotopic (exact) mass is 325 g/mol. The molecule has 1 aromatic rings. The van der Waals surface area contributed by atoms with Gasteiger partial charge in [-0.15, -0.1) is 0 Å². The minimum absolute atomic E-state index is 0.239. The Kier molecular flexibility index (Phi) is 6.41. The molecule has 0 radical (unpaired) electrons. The van der Waals surface area contributed by atoms with Crippen LogP contribution in [0.1, 0.15) is 50.2 Å². The van der Waals surface area contributed by atoms with Gasteiger partial charge in [-0.1, -0.05) is 31.4 Å². The molecule has 0 spiro atoms. The van der Waals surface area contributed by atoms with Crippen LogP contribution in [0.3, 0.4) is 0 Å². The Morgan fingerprint density at radius 1 is 1.27 bits per heavy atom. The standard InChI is InChI=1S/C17H27NO3S/c1-18-11-10-17(19)15-8-5-9-16(12-15)22(20,21)13-14-6-3-2-4-7-14/h5,8-9,12,14,17-19H,2-4,6-7,10-11,13H2,1H3. The lowest BCUT2D eigenvalue weighted by Crippen LogP contribution is -2.19. The zero-order valence-corrected chi connectivity index (χ0v) is 14.1. The van der Waals surface area contributed by atoms with E-state index in [4.69, 9.17) is 0 Å². The predicted octanol–water partition coefficient (Wildman–Crippen LogP) is 2.68. The molecule has 2 rings (SSSR count). The van der Waals surface area contributed by atoms with Crippen molar-refractivity contribution < 1.29 is 13.5 Å². The van der Waals surface area contributed by atoms with Gasteiger partial charge in [0, 0.05) is 0 Å². The van der Waals surface area contributed by atoms with Crippen LogP contribution in [0.15, 0.2) is 29.2 Å². The Balaban J connectivity index is 2.09. The van der Waals surface area contributed by atoms with E-state index in [-0.39, 0.29) is 11.7 Å². The highest BCUT2D eigenvalue weighted by molar-refractivity contribution is 7.91. The van der Waals surface area contributed by atoms with Crippen molar-refractivity contribution in [3.05, 3.63) is 29.8 Å². The third kappa shape index (κ3) is 4.80. The first-order valence-corrected chi connectivity index (χ1v) is 9.83. The van der Waals surface area contributed by atoms with Gasteiger partial charge >= 0.3 is 0 Å². The van der Waals surface area contributed by atoms with Crippen LogP contribution in [0, 0.1) is 5.92 Å². The highest BCUT2D eigenvalue weighted by atomic mass is 32.2. The van der Waals surface area contributed by atoms with Crippen molar-refractivity contribution in [2.24, 2.45) is 5.92 Å². The van der Waals surface area contributed by atoms with E-state index in [0.717, 1.165) is 25.7 Å². The van der Waals surface area contributed by atoms with Crippen molar-refractivity contribution in [1.29, 1.82) is 0 Å². The summed E-state index contributed by atoms with van der Waals surface area (Å²) >= 11 is 0. The molecule has 4 nitrogen and oxygen atoms in total. The molecule has 1 unspecified atom stereocenters. The molecule has 1 aliphatic carbocycles. The normalized spacial score (nSPS) is 18.3. The van der Waals surface area contributed by atoms with Crippen molar-refractivity contribution in [1.82, 2.24) is 5.32 Å². The largest absolute Gasteiger partial charge is 0.388 e. The fourth-order valence-corrected chi connectivity index (χ4v) is 4.87. The number of benzene rings is 1. The van der Waals surface area contributed by atoms with Crippen LogP contribution < -0.4 is 5.32 Å². The minimum atomic E-state index is -3.26. The van der Waals surface area contributed by atoms with E-state index in [2.05, 4.69) is 5.32 Å². The summed E-state index contributed by atoms with van der Waals surface area (Å²) in [5, 5.41) is 13.1. The summed E-state index contributed by atoms with van der Waals surface area (Å²) in [5.41, 5.74) is 0.681. The van der Waals surface area contributed by atoms with Crippen molar-refractivity contribution >= 4 is 9.84 Å². The number of hydrogen-bond donors (Lipinski definition) is 2. The fourth-order valence-electron chi connectivity index (χ4n) is 3.12. The van der Waals surface area contributed by atoms with Gasteiger partial charge in [-0.05, 0) is 56.5 Å². The molecule has 1 atom stereocenters. The number of hydrogen-bond acceptors (Lipinski definition) is 4. The summed E-state index contributed by atoms with van der Waals surface area (Å²) in [7, 11) is -1.43. The molecule has 0 saturated heterocycles. The van der Waals surface area contributed by atoms with E-state index in [1.165, 1.54) is 6.42 Å². The third-order valence-corrected chi connectivity index (χ3v) is 6.33. The van der Waals surface area contributed by atoms with E-state index in [9.17, 15) is 13.5 Å². The van der Waals surface area contributed by atoms with Crippen LogP contribution in [0.4, 0.5) is 0 Å². The van der Waals surface area contributed by atoms with Crippen molar-refractivity contribution in [3.8, 4) is 0 Å². The zero-order valence-electron chi connectivity index (χ0n) is 13.3. The van der Waals surface area contributed by atoms with E-state index in [0.29, 0.717) is 23.4 Å². The number of sulfone groups is 1. The maximum absolute atomic E-state index is 12.6. The average molecular weight is 325 g/mol. The van der Waals surface area contributed by atoms with Crippen molar-refractivity contribution in [3.63, 3.8) is 0 Å². The molecule has 22 heavy (non-hydrogen) atoms. The molecule has 0 aromatic heterocycles. The Labute approximate surface area is 133 Å². The third-order valence-electron chi connectivity index (χ3n) is 4.45. The second-order valence-corrected chi connectivity index (χ2v) is 8.30.